The van der Waals surface area contributed by atoms with Crippen LogP contribution in [0.25, 0.3) is 11.4 Å². The molecule has 0 radical (unpaired) electrons. The van der Waals surface area contributed by atoms with E-state index in [1.165, 1.54) is 30.9 Å². The van der Waals surface area contributed by atoms with Crippen molar-refractivity contribution in [3.05, 3.63) is 59.5 Å². The average Bonchev–Trinajstić information content (AvgIpc) is 3.26. The molecule has 0 aliphatic heterocycles. The number of carbonyl (C=O) groups is 1. The number of rotatable bonds is 9. The summed E-state index contributed by atoms with van der Waals surface area (Å²) in [5.74, 6) is 0.753. The van der Waals surface area contributed by atoms with Crippen LogP contribution < -0.4 is 14.8 Å². The van der Waals surface area contributed by atoms with Crippen LogP contribution in [0.3, 0.4) is 0 Å². The fourth-order valence-electron chi connectivity index (χ4n) is 2.99. The van der Waals surface area contributed by atoms with Crippen LogP contribution in [0.15, 0.2) is 51.9 Å². The highest BCUT2D eigenvalue weighted by molar-refractivity contribution is 7.89. The van der Waals surface area contributed by atoms with Gasteiger partial charge in [0.05, 0.1) is 24.1 Å². The van der Waals surface area contributed by atoms with Gasteiger partial charge in [-0.3, -0.25) is 4.79 Å². The Morgan fingerprint density at radius 1 is 1.16 bits per heavy atom. The molecule has 32 heavy (non-hydrogen) atoms. The maximum absolute atomic E-state index is 12.7. The molecule has 10 heteroatoms. The largest absolute Gasteiger partial charge is 0.496 e. The van der Waals surface area contributed by atoms with Crippen LogP contribution >= 0.6 is 0 Å². The van der Waals surface area contributed by atoms with Gasteiger partial charge in [0.1, 0.15) is 5.75 Å². The van der Waals surface area contributed by atoms with E-state index in [-0.39, 0.29) is 28.6 Å². The van der Waals surface area contributed by atoms with Crippen LogP contribution in [0.1, 0.15) is 48.5 Å². The highest BCUT2D eigenvalue weighted by atomic mass is 32.2. The average molecular weight is 459 g/mol. The van der Waals surface area contributed by atoms with Crippen LogP contribution in [-0.2, 0) is 16.6 Å². The van der Waals surface area contributed by atoms with Crippen LogP contribution in [0, 0.1) is 0 Å². The maximum Gasteiger partial charge on any atom is 0.255 e. The normalized spacial score (nSPS) is 11.5. The van der Waals surface area contributed by atoms with Crippen LogP contribution in [-0.4, -0.2) is 38.1 Å². The van der Waals surface area contributed by atoms with Gasteiger partial charge in [0.15, 0.2) is 0 Å². The van der Waals surface area contributed by atoms with Gasteiger partial charge < -0.3 is 14.6 Å². The highest BCUT2D eigenvalue weighted by Gasteiger charge is 2.21. The molecular weight excluding hydrogens is 432 g/mol. The number of sulfonamides is 1. The first-order chi connectivity index (χ1) is 15.2. The Labute approximate surface area is 187 Å². The Hall–Kier alpha value is -3.24. The van der Waals surface area contributed by atoms with Gasteiger partial charge in [0.25, 0.3) is 5.91 Å². The van der Waals surface area contributed by atoms with Crippen molar-refractivity contribution in [2.24, 2.45) is 0 Å². The van der Waals surface area contributed by atoms with E-state index in [1.807, 2.05) is 24.3 Å². The molecule has 0 saturated heterocycles. The van der Waals surface area contributed by atoms with Crippen molar-refractivity contribution in [1.29, 1.82) is 0 Å². The maximum atomic E-state index is 12.7. The number of aromatic nitrogens is 2. The third-order valence-corrected chi connectivity index (χ3v) is 6.18. The van der Waals surface area contributed by atoms with Gasteiger partial charge >= 0.3 is 0 Å². The van der Waals surface area contributed by atoms with Gasteiger partial charge in [-0.05, 0) is 36.6 Å². The van der Waals surface area contributed by atoms with Crippen LogP contribution in [0.5, 0.6) is 5.75 Å². The van der Waals surface area contributed by atoms with Crippen molar-refractivity contribution in [3.8, 4) is 17.1 Å². The summed E-state index contributed by atoms with van der Waals surface area (Å²) >= 11 is 0. The molecule has 0 fully saturated rings. The van der Waals surface area contributed by atoms with Crippen molar-refractivity contribution in [1.82, 2.24) is 20.2 Å². The Morgan fingerprint density at radius 3 is 2.50 bits per heavy atom. The zero-order valence-electron chi connectivity index (χ0n) is 18.4. The fourth-order valence-corrected chi connectivity index (χ4v) is 3.99. The molecule has 0 saturated carbocycles. The summed E-state index contributed by atoms with van der Waals surface area (Å²) in [6, 6.07) is 11.8. The van der Waals surface area contributed by atoms with E-state index in [2.05, 4.69) is 34.0 Å². The smallest absolute Gasteiger partial charge is 0.255 e. The molecule has 1 amide bonds. The van der Waals surface area contributed by atoms with Crippen LogP contribution in [0.4, 0.5) is 0 Å². The van der Waals surface area contributed by atoms with Crippen molar-refractivity contribution < 1.29 is 22.5 Å². The molecule has 0 spiro atoms. The Bertz CT molecular complexity index is 1190. The van der Waals surface area contributed by atoms with E-state index in [9.17, 15) is 13.2 Å². The van der Waals surface area contributed by atoms with E-state index in [4.69, 9.17) is 9.26 Å². The highest BCUT2D eigenvalue weighted by Crippen LogP contribution is 2.23. The first kappa shape index (κ1) is 23.4. The number of carbonyl (C=O) groups excluding carboxylic acids is 1. The van der Waals surface area contributed by atoms with Gasteiger partial charge in [0.2, 0.25) is 21.7 Å². The monoisotopic (exact) mass is 458 g/mol. The fraction of sp³-hybridized carbons (Fsp3) is 0.318. The minimum absolute atomic E-state index is 0.0800. The minimum Gasteiger partial charge on any atom is -0.496 e. The summed E-state index contributed by atoms with van der Waals surface area (Å²) < 4.78 is 38.3. The molecule has 1 heterocycles. The Morgan fingerprint density at radius 2 is 1.88 bits per heavy atom. The number of benzene rings is 2. The Balaban J connectivity index is 1.74. The van der Waals surface area contributed by atoms with E-state index < -0.39 is 15.9 Å². The minimum atomic E-state index is -3.94. The summed E-state index contributed by atoms with van der Waals surface area (Å²) in [4.78, 5) is 16.4. The lowest BCUT2D eigenvalue weighted by Gasteiger charge is -2.11. The number of amides is 1. The first-order valence-electron chi connectivity index (χ1n) is 10.1. The number of nitrogens with zero attached hydrogens (tertiary/aromatic N) is 2. The van der Waals surface area contributed by atoms with Crippen molar-refractivity contribution >= 4 is 15.9 Å². The lowest BCUT2D eigenvalue weighted by atomic mass is 10.0. The van der Waals surface area contributed by atoms with Crippen molar-refractivity contribution in [2.75, 3.05) is 13.7 Å². The van der Waals surface area contributed by atoms with E-state index >= 15 is 0 Å². The summed E-state index contributed by atoms with van der Waals surface area (Å²) in [6.45, 7) is 6.19. The van der Waals surface area contributed by atoms with Gasteiger partial charge in [-0.2, -0.15) is 4.98 Å². The topological polar surface area (TPSA) is 123 Å². The van der Waals surface area contributed by atoms with Gasteiger partial charge in [-0.1, -0.05) is 43.3 Å². The standard InChI is InChI=1S/C22H26N4O5S/c1-5-23-22(27)18-12-17(10-11-19(18)30-4)32(28,29)24-13-20-25-21(26-31-20)16-8-6-15(7-9-16)14(2)3/h6-12,14,24H,5,13H2,1-4H3,(H,23,27). The molecule has 0 aliphatic rings. The Kier molecular flexibility index (Phi) is 7.26. The molecular formula is C22H26N4O5S. The number of hydrogen-bond donors (Lipinski definition) is 2. The molecule has 170 valence electrons. The molecule has 0 aliphatic carbocycles. The second-order valence-corrected chi connectivity index (χ2v) is 9.10. The quantitative estimate of drug-likeness (QED) is 0.505. The summed E-state index contributed by atoms with van der Waals surface area (Å²) in [6.07, 6.45) is 0. The molecule has 2 aromatic carbocycles. The summed E-state index contributed by atoms with van der Waals surface area (Å²) in [5, 5.41) is 6.56. The molecule has 0 bridgehead atoms. The van der Waals surface area contributed by atoms with Gasteiger partial charge in [-0.25, -0.2) is 13.1 Å². The van der Waals surface area contributed by atoms with Crippen molar-refractivity contribution in [2.45, 2.75) is 38.1 Å². The third-order valence-electron chi connectivity index (χ3n) is 4.78. The van der Waals surface area contributed by atoms with Crippen LogP contribution in [0.2, 0.25) is 0 Å². The van der Waals surface area contributed by atoms with E-state index in [0.717, 1.165) is 5.56 Å². The summed E-state index contributed by atoms with van der Waals surface area (Å²) in [5.41, 5.74) is 2.09. The molecule has 0 unspecified atom stereocenters. The second kappa shape index (κ2) is 9.92. The van der Waals surface area contributed by atoms with E-state index in [1.54, 1.807) is 6.92 Å². The molecule has 2 N–H and O–H groups in total. The zero-order valence-corrected chi connectivity index (χ0v) is 19.2. The lowest BCUT2D eigenvalue weighted by molar-refractivity contribution is 0.0952. The predicted molar refractivity (Wildman–Crippen MR) is 119 cm³/mol. The van der Waals surface area contributed by atoms with Gasteiger partial charge in [0, 0.05) is 12.1 Å². The third kappa shape index (κ3) is 5.32. The zero-order chi connectivity index (χ0) is 23.3. The SMILES string of the molecule is CCNC(=O)c1cc(S(=O)(=O)NCc2nc(-c3ccc(C(C)C)cc3)no2)ccc1OC. The molecule has 1 aromatic heterocycles. The molecule has 3 aromatic rings. The summed E-state index contributed by atoms with van der Waals surface area (Å²) in [7, 11) is -2.53. The molecule has 0 atom stereocenters. The number of hydrogen-bond acceptors (Lipinski definition) is 7. The first-order valence-corrected chi connectivity index (χ1v) is 11.6. The van der Waals surface area contributed by atoms with Gasteiger partial charge in [-0.15, -0.1) is 0 Å². The molecule has 3 rings (SSSR count). The van der Waals surface area contributed by atoms with Crippen molar-refractivity contribution in [3.63, 3.8) is 0 Å². The predicted octanol–water partition coefficient (Wildman–Crippen LogP) is 3.10. The number of methoxy groups -OCH3 is 1. The molecule has 9 nitrogen and oxygen atoms in total. The lowest BCUT2D eigenvalue weighted by Crippen LogP contribution is -2.26. The second-order valence-electron chi connectivity index (χ2n) is 7.33. The number of nitrogens with one attached hydrogen (secondary N) is 2. The number of ether oxygens (including phenoxy) is 1. The van der Waals surface area contributed by atoms with E-state index in [0.29, 0.717) is 18.3 Å².